The molecular formula is C22H22ClFN4O2. The van der Waals surface area contributed by atoms with Gasteiger partial charge in [0.1, 0.15) is 5.56 Å². The first-order chi connectivity index (χ1) is 14.5. The van der Waals surface area contributed by atoms with Crippen molar-refractivity contribution in [2.75, 3.05) is 6.54 Å². The Labute approximate surface area is 179 Å². The number of carbonyl (C=O) groups is 1. The third kappa shape index (κ3) is 3.77. The number of nitrogens with zero attached hydrogens (tertiary/aromatic N) is 4. The Morgan fingerprint density at radius 2 is 2.10 bits per heavy atom. The van der Waals surface area contributed by atoms with Crippen LogP contribution in [0.2, 0.25) is 5.02 Å². The number of hydrogen-bond donors (Lipinski definition) is 0. The quantitative estimate of drug-likeness (QED) is 0.581. The normalized spacial score (nSPS) is 16.5. The maximum atomic E-state index is 14.4. The van der Waals surface area contributed by atoms with Crippen LogP contribution in [0.5, 0.6) is 11.6 Å². The number of amides is 1. The number of aryl methyl sites for hydroxylation is 2. The number of piperidine rings is 1. The highest BCUT2D eigenvalue weighted by Crippen LogP contribution is 2.36. The molecule has 1 aliphatic heterocycles. The molecule has 0 saturated carbocycles. The molecule has 1 amide bonds. The average Bonchev–Trinajstić information content (AvgIpc) is 3.04. The van der Waals surface area contributed by atoms with E-state index in [2.05, 4.69) is 10.1 Å². The van der Waals surface area contributed by atoms with E-state index in [4.69, 9.17) is 16.3 Å². The van der Waals surface area contributed by atoms with Crippen molar-refractivity contribution in [3.8, 4) is 11.6 Å². The van der Waals surface area contributed by atoms with Gasteiger partial charge in [0.15, 0.2) is 11.6 Å². The highest BCUT2D eigenvalue weighted by atomic mass is 35.5. The molecule has 0 aliphatic carbocycles. The Kier molecular flexibility index (Phi) is 5.72. The first-order valence-electron chi connectivity index (χ1n) is 9.83. The number of ether oxygens (including phenoxy) is 1. The van der Waals surface area contributed by atoms with Gasteiger partial charge in [0.05, 0.1) is 16.8 Å². The number of rotatable bonds is 4. The summed E-state index contributed by atoms with van der Waals surface area (Å²) in [6.07, 6.45) is 6.32. The van der Waals surface area contributed by atoms with Crippen molar-refractivity contribution >= 4 is 17.5 Å². The second kappa shape index (κ2) is 8.44. The minimum atomic E-state index is -0.678. The molecular weight excluding hydrogens is 407 g/mol. The minimum Gasteiger partial charge on any atom is -0.435 e. The maximum Gasteiger partial charge on any atom is 0.261 e. The second-order valence-corrected chi connectivity index (χ2v) is 7.75. The van der Waals surface area contributed by atoms with Crippen LogP contribution in [0.25, 0.3) is 0 Å². The number of pyridine rings is 1. The molecule has 1 unspecified atom stereocenters. The molecule has 1 aliphatic rings. The molecule has 3 heterocycles. The van der Waals surface area contributed by atoms with Crippen molar-refractivity contribution in [3.05, 3.63) is 70.4 Å². The van der Waals surface area contributed by atoms with Crippen LogP contribution < -0.4 is 4.74 Å². The van der Waals surface area contributed by atoms with Crippen LogP contribution in [0.4, 0.5) is 4.39 Å². The van der Waals surface area contributed by atoms with Crippen LogP contribution in [-0.2, 0) is 7.05 Å². The van der Waals surface area contributed by atoms with Gasteiger partial charge >= 0.3 is 0 Å². The first kappa shape index (κ1) is 20.3. The lowest BCUT2D eigenvalue weighted by Crippen LogP contribution is -2.38. The molecule has 1 atom stereocenters. The van der Waals surface area contributed by atoms with Gasteiger partial charge in [0.25, 0.3) is 5.91 Å². The van der Waals surface area contributed by atoms with E-state index in [1.807, 2.05) is 17.0 Å². The molecule has 8 heteroatoms. The standard InChI is InChI=1S/C22H22ClFN4O2/c1-14-19(22(27(2)26-14)30-18-10-5-8-16(23)20(18)24)21(29)28-12-4-3-9-17(28)15-7-6-11-25-13-15/h5-8,10-11,13,17H,3-4,9,12H2,1-2H3. The van der Waals surface area contributed by atoms with E-state index < -0.39 is 5.82 Å². The summed E-state index contributed by atoms with van der Waals surface area (Å²) in [5.41, 5.74) is 1.85. The van der Waals surface area contributed by atoms with E-state index in [9.17, 15) is 9.18 Å². The molecule has 6 nitrogen and oxygen atoms in total. The number of likely N-dealkylation sites (tertiary alicyclic amines) is 1. The van der Waals surface area contributed by atoms with Crippen molar-refractivity contribution in [1.29, 1.82) is 0 Å². The Bertz CT molecular complexity index is 1070. The lowest BCUT2D eigenvalue weighted by molar-refractivity contribution is 0.0607. The summed E-state index contributed by atoms with van der Waals surface area (Å²) < 4.78 is 21.7. The number of halogens is 2. The zero-order valence-corrected chi connectivity index (χ0v) is 17.6. The molecule has 2 aromatic heterocycles. The van der Waals surface area contributed by atoms with Crippen LogP contribution >= 0.6 is 11.6 Å². The summed E-state index contributed by atoms with van der Waals surface area (Å²) in [6, 6.07) is 8.29. The number of carbonyl (C=O) groups excluding carboxylic acids is 1. The van der Waals surface area contributed by atoms with Gasteiger partial charge in [-0.3, -0.25) is 9.78 Å². The minimum absolute atomic E-state index is 0.0491. The Morgan fingerprint density at radius 3 is 2.87 bits per heavy atom. The van der Waals surface area contributed by atoms with Gasteiger partial charge in [-0.05, 0) is 49.9 Å². The molecule has 3 aromatic rings. The molecule has 0 N–H and O–H groups in total. The van der Waals surface area contributed by atoms with Crippen LogP contribution in [0.15, 0.2) is 42.7 Å². The van der Waals surface area contributed by atoms with Crippen LogP contribution in [0, 0.1) is 12.7 Å². The smallest absolute Gasteiger partial charge is 0.261 e. The third-order valence-electron chi connectivity index (χ3n) is 5.34. The Morgan fingerprint density at radius 1 is 1.27 bits per heavy atom. The third-order valence-corrected chi connectivity index (χ3v) is 5.63. The number of aromatic nitrogens is 3. The molecule has 1 saturated heterocycles. The first-order valence-corrected chi connectivity index (χ1v) is 10.2. The van der Waals surface area contributed by atoms with Crippen molar-refractivity contribution < 1.29 is 13.9 Å². The predicted molar refractivity (Wildman–Crippen MR) is 111 cm³/mol. The maximum absolute atomic E-state index is 14.4. The fourth-order valence-electron chi connectivity index (χ4n) is 3.91. The highest BCUT2D eigenvalue weighted by molar-refractivity contribution is 6.30. The molecule has 156 valence electrons. The van der Waals surface area contributed by atoms with Crippen LogP contribution in [0.1, 0.15) is 46.9 Å². The van der Waals surface area contributed by atoms with E-state index in [0.717, 1.165) is 24.8 Å². The van der Waals surface area contributed by atoms with Gasteiger partial charge in [-0.2, -0.15) is 5.10 Å². The largest absolute Gasteiger partial charge is 0.435 e. The van der Waals surface area contributed by atoms with Crippen molar-refractivity contribution in [3.63, 3.8) is 0 Å². The Balaban J connectivity index is 1.71. The van der Waals surface area contributed by atoms with Crippen LogP contribution in [0.3, 0.4) is 0 Å². The molecule has 4 rings (SSSR count). The fraction of sp³-hybridized carbons (Fsp3) is 0.318. The Hall–Kier alpha value is -2.93. The van der Waals surface area contributed by atoms with E-state index >= 15 is 0 Å². The van der Waals surface area contributed by atoms with Gasteiger partial charge in [0.2, 0.25) is 5.88 Å². The van der Waals surface area contributed by atoms with Gasteiger partial charge in [-0.25, -0.2) is 9.07 Å². The lowest BCUT2D eigenvalue weighted by Gasteiger charge is -2.36. The zero-order valence-electron chi connectivity index (χ0n) is 16.8. The van der Waals surface area contributed by atoms with E-state index in [0.29, 0.717) is 17.8 Å². The number of benzene rings is 1. The van der Waals surface area contributed by atoms with Gasteiger partial charge < -0.3 is 9.64 Å². The summed E-state index contributed by atoms with van der Waals surface area (Å²) in [6.45, 7) is 2.37. The summed E-state index contributed by atoms with van der Waals surface area (Å²) in [7, 11) is 1.66. The predicted octanol–water partition coefficient (Wildman–Crippen LogP) is 5.08. The summed E-state index contributed by atoms with van der Waals surface area (Å²) >= 11 is 5.88. The van der Waals surface area contributed by atoms with E-state index in [1.165, 1.54) is 16.8 Å². The summed E-state index contributed by atoms with van der Waals surface area (Å²) in [4.78, 5) is 19.7. The molecule has 0 radical (unpaired) electrons. The molecule has 0 spiro atoms. The SMILES string of the molecule is Cc1nn(C)c(Oc2cccc(Cl)c2F)c1C(=O)N1CCCCC1c1cccnc1. The van der Waals surface area contributed by atoms with Crippen LogP contribution in [-0.4, -0.2) is 32.1 Å². The zero-order chi connectivity index (χ0) is 21.3. The monoisotopic (exact) mass is 428 g/mol. The van der Waals surface area contributed by atoms with Crippen molar-refractivity contribution in [2.45, 2.75) is 32.2 Å². The summed E-state index contributed by atoms with van der Waals surface area (Å²) in [5.74, 6) is -0.731. The fourth-order valence-corrected chi connectivity index (χ4v) is 4.07. The molecule has 1 aromatic carbocycles. The topological polar surface area (TPSA) is 60.3 Å². The van der Waals surface area contributed by atoms with E-state index in [1.54, 1.807) is 32.4 Å². The molecule has 0 bridgehead atoms. The van der Waals surface area contributed by atoms with Crippen molar-refractivity contribution in [1.82, 2.24) is 19.7 Å². The second-order valence-electron chi connectivity index (χ2n) is 7.34. The molecule has 30 heavy (non-hydrogen) atoms. The number of hydrogen-bond acceptors (Lipinski definition) is 4. The average molecular weight is 429 g/mol. The van der Waals surface area contributed by atoms with Gasteiger partial charge in [0, 0.05) is 26.0 Å². The van der Waals surface area contributed by atoms with Gasteiger partial charge in [-0.15, -0.1) is 0 Å². The molecule has 1 fully saturated rings. The summed E-state index contributed by atoms with van der Waals surface area (Å²) in [5, 5.41) is 4.30. The van der Waals surface area contributed by atoms with Crippen molar-refractivity contribution in [2.24, 2.45) is 7.05 Å². The lowest BCUT2D eigenvalue weighted by atomic mass is 9.95. The van der Waals surface area contributed by atoms with E-state index in [-0.39, 0.29) is 28.6 Å². The van der Waals surface area contributed by atoms with Gasteiger partial charge in [-0.1, -0.05) is 23.7 Å². The highest BCUT2D eigenvalue weighted by Gasteiger charge is 2.33.